The van der Waals surface area contributed by atoms with Crippen LogP contribution in [0, 0.1) is 5.92 Å². The Balaban J connectivity index is 4.80. The first-order valence-corrected chi connectivity index (χ1v) is 4.02. The summed E-state index contributed by atoms with van der Waals surface area (Å²) in [6, 6.07) is 0. The van der Waals surface area contributed by atoms with Crippen molar-refractivity contribution in [3.05, 3.63) is 0 Å². The van der Waals surface area contributed by atoms with Gasteiger partial charge in [0.05, 0.1) is 0 Å². The average molecular weight is 194 g/mol. The molecule has 0 saturated carbocycles. The summed E-state index contributed by atoms with van der Waals surface area (Å²) in [7, 11) is 0. The van der Waals surface area contributed by atoms with E-state index in [9.17, 15) is 15.3 Å². The molecule has 13 heavy (non-hydrogen) atoms. The van der Waals surface area contributed by atoms with Gasteiger partial charge in [0.1, 0.15) is 6.10 Å². The maximum absolute atomic E-state index is 9.48. The van der Waals surface area contributed by atoms with Crippen LogP contribution in [-0.2, 0) is 0 Å². The van der Waals surface area contributed by atoms with Gasteiger partial charge in [-0.25, -0.2) is 0 Å². The number of hydrogen-bond donors (Lipinski definition) is 6. The predicted octanol–water partition coefficient (Wildman–Crippen LogP) is -2.71. The third-order valence-electron chi connectivity index (χ3n) is 2.16. The van der Waals surface area contributed by atoms with Gasteiger partial charge in [-0.1, -0.05) is 13.8 Å². The van der Waals surface area contributed by atoms with Gasteiger partial charge in [0.2, 0.25) is 5.79 Å². The van der Waals surface area contributed by atoms with Crippen molar-refractivity contribution >= 4 is 0 Å². The molecule has 0 saturated heterocycles. The van der Waals surface area contributed by atoms with Gasteiger partial charge in [-0.15, -0.1) is 0 Å². The lowest BCUT2D eigenvalue weighted by atomic mass is 9.88. The summed E-state index contributed by atoms with van der Waals surface area (Å²) in [4.78, 5) is 0. The van der Waals surface area contributed by atoms with Gasteiger partial charge < -0.3 is 26.2 Å². The zero-order valence-corrected chi connectivity index (χ0v) is 7.81. The van der Waals surface area contributed by atoms with Crippen LogP contribution in [0.1, 0.15) is 13.8 Å². The Kier molecular flexibility index (Phi) is 3.80. The van der Waals surface area contributed by atoms with E-state index in [0.717, 1.165) is 0 Å². The first-order valence-electron chi connectivity index (χ1n) is 4.02. The summed E-state index contributed by atoms with van der Waals surface area (Å²) >= 11 is 0. The Morgan fingerprint density at radius 1 is 1.23 bits per heavy atom. The van der Waals surface area contributed by atoms with E-state index in [1.807, 2.05) is 0 Å². The van der Waals surface area contributed by atoms with Crippen LogP contribution >= 0.6 is 0 Å². The van der Waals surface area contributed by atoms with Gasteiger partial charge in [0.25, 0.3) is 0 Å². The fraction of sp³-hybridized carbons (Fsp3) is 1.00. The van der Waals surface area contributed by atoms with E-state index in [1.165, 1.54) is 13.8 Å². The molecule has 0 aliphatic heterocycles. The molecule has 0 rings (SSSR count). The van der Waals surface area contributed by atoms with Gasteiger partial charge in [0.15, 0.2) is 5.72 Å². The van der Waals surface area contributed by atoms with Crippen LogP contribution in [-0.4, -0.2) is 44.6 Å². The largest absolute Gasteiger partial charge is 0.386 e. The topological polar surface area (TPSA) is 133 Å². The van der Waals surface area contributed by atoms with Gasteiger partial charge in [0, 0.05) is 12.5 Å². The molecule has 2 atom stereocenters. The Bertz CT molecular complexity index is 170. The zero-order chi connectivity index (χ0) is 10.9. The highest BCUT2D eigenvalue weighted by Gasteiger charge is 2.52. The first-order chi connectivity index (χ1) is 5.67. The van der Waals surface area contributed by atoms with Crippen molar-refractivity contribution in [2.45, 2.75) is 31.5 Å². The van der Waals surface area contributed by atoms with Crippen LogP contribution in [0.15, 0.2) is 0 Å². The van der Waals surface area contributed by atoms with Crippen molar-refractivity contribution in [1.82, 2.24) is 0 Å². The highest BCUT2D eigenvalue weighted by molar-refractivity contribution is 4.94. The lowest BCUT2D eigenvalue weighted by Crippen LogP contribution is -2.70. The normalized spacial score (nSPS) is 20.1. The SMILES string of the molecule is CC(C)C(N)(O)C(O)(O)C(O)CN. The van der Waals surface area contributed by atoms with Crippen LogP contribution in [0.3, 0.4) is 0 Å². The highest BCUT2D eigenvalue weighted by Crippen LogP contribution is 2.25. The third-order valence-corrected chi connectivity index (χ3v) is 2.16. The van der Waals surface area contributed by atoms with Crippen molar-refractivity contribution in [1.29, 1.82) is 0 Å². The maximum atomic E-state index is 9.48. The van der Waals surface area contributed by atoms with Gasteiger partial charge >= 0.3 is 0 Å². The van der Waals surface area contributed by atoms with Crippen LogP contribution in [0.5, 0.6) is 0 Å². The molecule has 6 nitrogen and oxygen atoms in total. The summed E-state index contributed by atoms with van der Waals surface area (Å²) in [5.74, 6) is -3.45. The summed E-state index contributed by atoms with van der Waals surface area (Å²) in [5, 5.41) is 37.3. The molecule has 6 heteroatoms. The van der Waals surface area contributed by atoms with E-state index in [1.54, 1.807) is 0 Å². The molecule has 0 bridgehead atoms. The molecule has 0 aromatic rings. The van der Waals surface area contributed by atoms with E-state index < -0.39 is 30.1 Å². The van der Waals surface area contributed by atoms with Crippen molar-refractivity contribution < 1.29 is 20.4 Å². The highest BCUT2D eigenvalue weighted by atomic mass is 16.6. The Hall–Kier alpha value is -0.240. The van der Waals surface area contributed by atoms with Crippen molar-refractivity contribution in [2.75, 3.05) is 6.54 Å². The molecule has 0 aromatic heterocycles. The number of aliphatic hydroxyl groups is 4. The van der Waals surface area contributed by atoms with Crippen molar-refractivity contribution in [3.8, 4) is 0 Å². The average Bonchev–Trinajstić information content (AvgIpc) is 2.02. The van der Waals surface area contributed by atoms with Crippen LogP contribution in [0.2, 0.25) is 0 Å². The lowest BCUT2D eigenvalue weighted by Gasteiger charge is -2.41. The minimum absolute atomic E-state index is 0.404. The molecule has 0 fully saturated rings. The van der Waals surface area contributed by atoms with Crippen molar-refractivity contribution in [3.63, 3.8) is 0 Å². The fourth-order valence-corrected chi connectivity index (χ4v) is 0.856. The number of rotatable bonds is 4. The summed E-state index contributed by atoms with van der Waals surface area (Å²) in [6.45, 7) is 2.58. The molecule has 0 aliphatic carbocycles. The Morgan fingerprint density at radius 3 is 1.85 bits per heavy atom. The number of nitrogens with two attached hydrogens (primary N) is 2. The number of hydrogen-bond acceptors (Lipinski definition) is 6. The van der Waals surface area contributed by atoms with Gasteiger partial charge in [-0.05, 0) is 0 Å². The Labute approximate surface area is 76.8 Å². The second-order valence-corrected chi connectivity index (χ2v) is 3.46. The third kappa shape index (κ3) is 2.16. The summed E-state index contributed by atoms with van der Waals surface area (Å²) in [6.07, 6.45) is -1.69. The van der Waals surface area contributed by atoms with Crippen LogP contribution < -0.4 is 11.5 Å². The fourth-order valence-electron chi connectivity index (χ4n) is 0.856. The quantitative estimate of drug-likeness (QED) is 0.270. The molecule has 0 aliphatic rings. The molecule has 0 spiro atoms. The molecule has 80 valence electrons. The van der Waals surface area contributed by atoms with E-state index in [2.05, 4.69) is 0 Å². The first kappa shape index (κ1) is 12.8. The minimum atomic E-state index is -2.81. The van der Waals surface area contributed by atoms with Crippen molar-refractivity contribution in [2.24, 2.45) is 17.4 Å². The van der Waals surface area contributed by atoms with Crippen LogP contribution in [0.4, 0.5) is 0 Å². The van der Waals surface area contributed by atoms with Gasteiger partial charge in [-0.3, -0.25) is 5.73 Å². The monoisotopic (exact) mass is 194 g/mol. The lowest BCUT2D eigenvalue weighted by molar-refractivity contribution is -0.324. The molecule has 0 radical (unpaired) electrons. The second kappa shape index (κ2) is 3.87. The molecular weight excluding hydrogens is 176 g/mol. The minimum Gasteiger partial charge on any atom is -0.386 e. The molecule has 2 unspecified atom stereocenters. The van der Waals surface area contributed by atoms with Crippen LogP contribution in [0.25, 0.3) is 0 Å². The molecule has 0 amide bonds. The molecular formula is C7H18N2O4. The zero-order valence-electron chi connectivity index (χ0n) is 7.81. The summed E-state index contributed by atoms with van der Waals surface area (Å²) in [5.41, 5.74) is 7.97. The Morgan fingerprint density at radius 2 is 1.62 bits per heavy atom. The summed E-state index contributed by atoms with van der Waals surface area (Å²) < 4.78 is 0. The molecule has 0 aromatic carbocycles. The standard InChI is InChI=1S/C7H18N2O4/c1-4(2)6(9,11)7(12,13)5(10)3-8/h4-5,10-13H,3,8-9H2,1-2H3. The van der Waals surface area contributed by atoms with E-state index >= 15 is 0 Å². The van der Waals surface area contributed by atoms with E-state index in [-0.39, 0.29) is 0 Å². The number of aliphatic hydroxyl groups excluding tert-OH is 1. The maximum Gasteiger partial charge on any atom is 0.234 e. The van der Waals surface area contributed by atoms with E-state index in [4.69, 9.17) is 16.6 Å². The van der Waals surface area contributed by atoms with E-state index in [0.29, 0.717) is 0 Å². The van der Waals surface area contributed by atoms with Gasteiger partial charge in [-0.2, -0.15) is 0 Å². The second-order valence-electron chi connectivity index (χ2n) is 3.46. The molecule has 8 N–H and O–H groups in total. The molecule has 0 heterocycles. The smallest absolute Gasteiger partial charge is 0.234 e. The predicted molar refractivity (Wildman–Crippen MR) is 46.2 cm³/mol.